The van der Waals surface area contributed by atoms with E-state index in [1.165, 1.54) is 0 Å². The van der Waals surface area contributed by atoms with Crippen LogP contribution in [0.5, 0.6) is 5.75 Å². The van der Waals surface area contributed by atoms with Crippen LogP contribution in [0.4, 0.5) is 0 Å². The first kappa shape index (κ1) is 16.5. The number of amides is 1. The Morgan fingerprint density at radius 2 is 2.04 bits per heavy atom. The standard InChI is InChI=1S/C18H24N4O2/c1-11-7-13(8-12(2)17(11)24-4)10-22(3)18(23)16-14-9-19-6-5-15(14)20-21-16/h7-8,19H,5-6,9-10H2,1-4H3,(H,20,21). The predicted molar refractivity (Wildman–Crippen MR) is 92.3 cm³/mol. The number of hydrogen-bond donors (Lipinski definition) is 2. The highest BCUT2D eigenvalue weighted by Gasteiger charge is 2.24. The fourth-order valence-corrected chi connectivity index (χ4v) is 3.38. The van der Waals surface area contributed by atoms with Crippen molar-refractivity contribution in [3.63, 3.8) is 0 Å². The maximum absolute atomic E-state index is 12.8. The van der Waals surface area contributed by atoms with Crippen molar-refractivity contribution in [2.75, 3.05) is 20.7 Å². The first-order valence-corrected chi connectivity index (χ1v) is 8.17. The monoisotopic (exact) mass is 328 g/mol. The fraction of sp³-hybridized carbons (Fsp3) is 0.444. The van der Waals surface area contributed by atoms with E-state index in [1.807, 2.05) is 20.9 Å². The largest absolute Gasteiger partial charge is 0.496 e. The van der Waals surface area contributed by atoms with Gasteiger partial charge in [0.05, 0.1) is 7.11 Å². The van der Waals surface area contributed by atoms with Crippen molar-refractivity contribution in [3.8, 4) is 5.75 Å². The number of hydrogen-bond acceptors (Lipinski definition) is 4. The van der Waals surface area contributed by atoms with E-state index in [2.05, 4.69) is 27.6 Å². The highest BCUT2D eigenvalue weighted by molar-refractivity contribution is 5.93. The second kappa shape index (κ2) is 6.65. The van der Waals surface area contributed by atoms with Gasteiger partial charge < -0.3 is 15.0 Å². The van der Waals surface area contributed by atoms with Crippen LogP contribution in [0.15, 0.2) is 12.1 Å². The second-order valence-corrected chi connectivity index (χ2v) is 6.38. The summed E-state index contributed by atoms with van der Waals surface area (Å²) in [6, 6.07) is 4.13. The van der Waals surface area contributed by atoms with Crippen LogP contribution in [0.3, 0.4) is 0 Å². The van der Waals surface area contributed by atoms with Crippen LogP contribution in [-0.4, -0.2) is 41.7 Å². The lowest BCUT2D eigenvalue weighted by Crippen LogP contribution is -2.30. The fourth-order valence-electron chi connectivity index (χ4n) is 3.38. The molecule has 1 aromatic heterocycles. The summed E-state index contributed by atoms with van der Waals surface area (Å²) < 4.78 is 5.40. The molecule has 0 unspecified atom stereocenters. The summed E-state index contributed by atoms with van der Waals surface area (Å²) in [5.41, 5.74) is 5.84. The highest BCUT2D eigenvalue weighted by atomic mass is 16.5. The minimum Gasteiger partial charge on any atom is -0.496 e. The number of benzene rings is 1. The molecule has 1 aliphatic heterocycles. The molecule has 2 heterocycles. The molecule has 0 radical (unpaired) electrons. The van der Waals surface area contributed by atoms with Gasteiger partial charge in [-0.25, -0.2) is 0 Å². The second-order valence-electron chi connectivity index (χ2n) is 6.38. The van der Waals surface area contributed by atoms with Crippen LogP contribution in [-0.2, 0) is 19.5 Å². The Morgan fingerprint density at radius 3 is 2.71 bits per heavy atom. The Bertz CT molecular complexity index is 743. The van der Waals surface area contributed by atoms with E-state index < -0.39 is 0 Å². The zero-order valence-electron chi connectivity index (χ0n) is 14.7. The number of carbonyl (C=O) groups excluding carboxylic acids is 1. The van der Waals surface area contributed by atoms with Gasteiger partial charge in [-0.3, -0.25) is 9.89 Å². The maximum atomic E-state index is 12.8. The smallest absolute Gasteiger partial charge is 0.274 e. The summed E-state index contributed by atoms with van der Waals surface area (Å²) in [6.45, 7) is 6.20. The van der Waals surface area contributed by atoms with E-state index in [0.29, 0.717) is 18.8 Å². The molecule has 0 saturated carbocycles. The van der Waals surface area contributed by atoms with E-state index in [9.17, 15) is 4.79 Å². The number of methoxy groups -OCH3 is 1. The number of aryl methyl sites for hydroxylation is 2. The van der Waals surface area contributed by atoms with Gasteiger partial charge in [0.15, 0.2) is 5.69 Å². The zero-order valence-corrected chi connectivity index (χ0v) is 14.7. The van der Waals surface area contributed by atoms with E-state index in [-0.39, 0.29) is 5.91 Å². The van der Waals surface area contributed by atoms with E-state index in [0.717, 1.165) is 46.7 Å². The summed E-state index contributed by atoms with van der Waals surface area (Å²) in [5.74, 6) is 0.850. The summed E-state index contributed by atoms with van der Waals surface area (Å²) in [6.07, 6.45) is 0.885. The minimum absolute atomic E-state index is 0.0534. The molecule has 3 rings (SSSR count). The lowest BCUT2D eigenvalue weighted by molar-refractivity contribution is 0.0778. The van der Waals surface area contributed by atoms with Crippen LogP contribution in [0.1, 0.15) is 38.4 Å². The van der Waals surface area contributed by atoms with Gasteiger partial charge in [0.2, 0.25) is 0 Å². The molecule has 0 spiro atoms. The first-order chi connectivity index (χ1) is 11.5. The number of H-pyrrole nitrogens is 1. The lowest BCUT2D eigenvalue weighted by atomic mass is 10.0. The molecule has 1 aliphatic rings. The normalized spacial score (nSPS) is 13.5. The Hall–Kier alpha value is -2.34. The zero-order chi connectivity index (χ0) is 17.3. The molecule has 6 nitrogen and oxygen atoms in total. The average Bonchev–Trinajstić information content (AvgIpc) is 2.97. The van der Waals surface area contributed by atoms with Crippen molar-refractivity contribution >= 4 is 5.91 Å². The van der Waals surface area contributed by atoms with E-state index in [4.69, 9.17) is 4.74 Å². The van der Waals surface area contributed by atoms with Crippen molar-refractivity contribution in [1.29, 1.82) is 0 Å². The van der Waals surface area contributed by atoms with Crippen molar-refractivity contribution in [2.24, 2.45) is 0 Å². The van der Waals surface area contributed by atoms with Gasteiger partial charge in [-0.2, -0.15) is 5.10 Å². The molecular formula is C18H24N4O2. The number of fused-ring (bicyclic) bond motifs is 1. The third-order valence-electron chi connectivity index (χ3n) is 4.50. The quantitative estimate of drug-likeness (QED) is 0.900. The third-order valence-corrected chi connectivity index (χ3v) is 4.50. The number of rotatable bonds is 4. The number of ether oxygens (including phenoxy) is 1. The van der Waals surface area contributed by atoms with Crippen LogP contribution >= 0.6 is 0 Å². The third kappa shape index (κ3) is 3.01. The molecule has 128 valence electrons. The molecule has 1 amide bonds. The molecular weight excluding hydrogens is 304 g/mol. The van der Waals surface area contributed by atoms with E-state index >= 15 is 0 Å². The van der Waals surface area contributed by atoms with Crippen molar-refractivity contribution in [3.05, 3.63) is 45.8 Å². The topological polar surface area (TPSA) is 70.2 Å². The molecule has 0 atom stereocenters. The number of nitrogens with one attached hydrogen (secondary N) is 2. The SMILES string of the molecule is COc1c(C)cc(CN(C)C(=O)c2n[nH]c3c2CNCC3)cc1C. The van der Waals surface area contributed by atoms with E-state index in [1.54, 1.807) is 12.0 Å². The van der Waals surface area contributed by atoms with Gasteiger partial charge in [0.25, 0.3) is 5.91 Å². The molecule has 0 saturated heterocycles. The number of aromatic amines is 1. The maximum Gasteiger partial charge on any atom is 0.274 e. The number of nitrogens with zero attached hydrogens (tertiary/aromatic N) is 2. The van der Waals surface area contributed by atoms with Crippen LogP contribution in [0, 0.1) is 13.8 Å². The highest BCUT2D eigenvalue weighted by Crippen LogP contribution is 2.25. The van der Waals surface area contributed by atoms with Crippen molar-refractivity contribution < 1.29 is 9.53 Å². The van der Waals surface area contributed by atoms with Gasteiger partial charge in [-0.1, -0.05) is 12.1 Å². The molecule has 2 N–H and O–H groups in total. The molecule has 0 bridgehead atoms. The van der Waals surface area contributed by atoms with Crippen LogP contribution in [0.2, 0.25) is 0 Å². The van der Waals surface area contributed by atoms with Gasteiger partial charge in [0, 0.05) is 44.4 Å². The molecule has 6 heteroatoms. The summed E-state index contributed by atoms with van der Waals surface area (Å²) >= 11 is 0. The van der Waals surface area contributed by atoms with Gasteiger partial charge in [-0.05, 0) is 30.5 Å². The van der Waals surface area contributed by atoms with Gasteiger partial charge in [-0.15, -0.1) is 0 Å². The molecule has 1 aromatic carbocycles. The Labute approximate surface area is 142 Å². The predicted octanol–water partition coefficient (Wildman–Crippen LogP) is 1.95. The van der Waals surface area contributed by atoms with Crippen molar-refractivity contribution in [1.82, 2.24) is 20.4 Å². The first-order valence-electron chi connectivity index (χ1n) is 8.17. The molecule has 24 heavy (non-hydrogen) atoms. The Balaban J connectivity index is 1.79. The lowest BCUT2D eigenvalue weighted by Gasteiger charge is -2.19. The minimum atomic E-state index is -0.0534. The summed E-state index contributed by atoms with van der Waals surface area (Å²) in [5, 5.41) is 10.5. The van der Waals surface area contributed by atoms with Gasteiger partial charge in [0.1, 0.15) is 5.75 Å². The molecule has 2 aromatic rings. The summed E-state index contributed by atoms with van der Waals surface area (Å²) in [7, 11) is 3.49. The Morgan fingerprint density at radius 1 is 1.33 bits per heavy atom. The number of carbonyl (C=O) groups is 1. The summed E-state index contributed by atoms with van der Waals surface area (Å²) in [4.78, 5) is 14.5. The Kier molecular flexibility index (Phi) is 4.57. The van der Waals surface area contributed by atoms with Gasteiger partial charge >= 0.3 is 0 Å². The molecule has 0 fully saturated rings. The van der Waals surface area contributed by atoms with Crippen LogP contribution < -0.4 is 10.1 Å². The average molecular weight is 328 g/mol. The molecule has 0 aliphatic carbocycles. The van der Waals surface area contributed by atoms with Crippen molar-refractivity contribution in [2.45, 2.75) is 33.4 Å². The number of aromatic nitrogens is 2. The van der Waals surface area contributed by atoms with Crippen LogP contribution in [0.25, 0.3) is 0 Å².